The van der Waals surface area contributed by atoms with Gasteiger partial charge in [0.2, 0.25) is 6.29 Å². The van der Waals surface area contributed by atoms with Crippen molar-refractivity contribution in [2.75, 3.05) is 0 Å². The third-order valence-corrected chi connectivity index (χ3v) is 1.85. The highest BCUT2D eigenvalue weighted by Gasteiger charge is 2.23. The number of hydrogen-bond donors (Lipinski definition) is 0. The van der Waals surface area contributed by atoms with Gasteiger partial charge in [-0.3, -0.25) is 9.59 Å². The van der Waals surface area contributed by atoms with E-state index in [2.05, 4.69) is 0 Å². The minimum Gasteiger partial charge on any atom is -0.425 e. The SMILES string of the molecule is CCCCC1OC(=O)CCC(=O)O1. The van der Waals surface area contributed by atoms with Crippen LogP contribution in [0.3, 0.4) is 0 Å². The largest absolute Gasteiger partial charge is 0.425 e. The highest BCUT2D eigenvalue weighted by atomic mass is 16.7. The molecule has 0 atom stereocenters. The van der Waals surface area contributed by atoms with Crippen molar-refractivity contribution in [3.63, 3.8) is 0 Å². The van der Waals surface area contributed by atoms with E-state index in [0.717, 1.165) is 12.8 Å². The van der Waals surface area contributed by atoms with E-state index in [1.54, 1.807) is 0 Å². The predicted octanol–water partition coefficient (Wildman–Crippen LogP) is 1.38. The van der Waals surface area contributed by atoms with Gasteiger partial charge in [0.05, 0.1) is 12.8 Å². The molecule has 0 spiro atoms. The van der Waals surface area contributed by atoms with Gasteiger partial charge in [0, 0.05) is 6.42 Å². The van der Waals surface area contributed by atoms with Crippen molar-refractivity contribution >= 4 is 11.9 Å². The third-order valence-electron chi connectivity index (χ3n) is 1.85. The number of carbonyl (C=O) groups excluding carboxylic acids is 2. The van der Waals surface area contributed by atoms with Gasteiger partial charge in [-0.25, -0.2) is 0 Å². The number of carbonyl (C=O) groups is 2. The van der Waals surface area contributed by atoms with Crippen molar-refractivity contribution < 1.29 is 19.1 Å². The zero-order valence-electron chi connectivity index (χ0n) is 7.75. The lowest BCUT2D eigenvalue weighted by Gasteiger charge is -2.13. The maximum Gasteiger partial charge on any atom is 0.309 e. The quantitative estimate of drug-likeness (QED) is 0.625. The van der Waals surface area contributed by atoms with Crippen LogP contribution in [-0.2, 0) is 19.1 Å². The second kappa shape index (κ2) is 4.84. The molecule has 74 valence electrons. The molecule has 0 radical (unpaired) electrons. The second-order valence-corrected chi connectivity index (χ2v) is 3.05. The first-order chi connectivity index (χ1) is 6.22. The smallest absolute Gasteiger partial charge is 0.309 e. The van der Waals surface area contributed by atoms with Crippen molar-refractivity contribution in [2.45, 2.75) is 45.3 Å². The summed E-state index contributed by atoms with van der Waals surface area (Å²) in [5.41, 5.74) is 0. The standard InChI is InChI=1S/C9H14O4/c1-2-3-4-9-12-7(10)5-6-8(11)13-9/h9H,2-6H2,1H3. The molecular formula is C9H14O4. The van der Waals surface area contributed by atoms with Crippen LogP contribution < -0.4 is 0 Å². The molecule has 4 nitrogen and oxygen atoms in total. The first kappa shape index (κ1) is 10.0. The molecule has 1 saturated heterocycles. The van der Waals surface area contributed by atoms with E-state index >= 15 is 0 Å². The molecular weight excluding hydrogens is 172 g/mol. The summed E-state index contributed by atoms with van der Waals surface area (Å²) in [4.78, 5) is 21.9. The van der Waals surface area contributed by atoms with Crippen LogP contribution in [0.4, 0.5) is 0 Å². The van der Waals surface area contributed by atoms with Gasteiger partial charge < -0.3 is 9.47 Å². The molecule has 0 amide bonds. The van der Waals surface area contributed by atoms with Gasteiger partial charge in [0.15, 0.2) is 0 Å². The van der Waals surface area contributed by atoms with Crippen LogP contribution in [0.2, 0.25) is 0 Å². The minimum absolute atomic E-state index is 0.140. The fourth-order valence-electron chi connectivity index (χ4n) is 1.13. The Balaban J connectivity index is 2.41. The van der Waals surface area contributed by atoms with Crippen molar-refractivity contribution in [3.05, 3.63) is 0 Å². The van der Waals surface area contributed by atoms with Crippen molar-refractivity contribution in [1.82, 2.24) is 0 Å². The number of hydrogen-bond acceptors (Lipinski definition) is 4. The van der Waals surface area contributed by atoms with Gasteiger partial charge in [-0.1, -0.05) is 13.3 Å². The zero-order valence-corrected chi connectivity index (χ0v) is 7.75. The van der Waals surface area contributed by atoms with E-state index in [9.17, 15) is 9.59 Å². The number of cyclic esters (lactones) is 2. The lowest BCUT2D eigenvalue weighted by molar-refractivity contribution is -0.181. The maximum atomic E-state index is 10.9. The Bertz CT molecular complexity index is 182. The summed E-state index contributed by atoms with van der Waals surface area (Å²) < 4.78 is 9.80. The van der Waals surface area contributed by atoms with Crippen LogP contribution in [0.25, 0.3) is 0 Å². The molecule has 0 aliphatic carbocycles. The summed E-state index contributed by atoms with van der Waals surface area (Å²) in [5.74, 6) is -0.682. The number of esters is 2. The van der Waals surface area contributed by atoms with Crippen LogP contribution in [0.5, 0.6) is 0 Å². The Morgan fingerprint density at radius 1 is 1.23 bits per heavy atom. The lowest BCUT2D eigenvalue weighted by Crippen LogP contribution is -2.19. The normalized spacial score (nSPS) is 19.2. The molecule has 0 aromatic heterocycles. The van der Waals surface area contributed by atoms with Gasteiger partial charge in [0.25, 0.3) is 0 Å². The molecule has 0 bridgehead atoms. The van der Waals surface area contributed by atoms with Crippen molar-refractivity contribution in [2.24, 2.45) is 0 Å². The molecule has 0 unspecified atom stereocenters. The van der Waals surface area contributed by atoms with Crippen LogP contribution in [0.15, 0.2) is 0 Å². The van der Waals surface area contributed by atoms with Gasteiger partial charge >= 0.3 is 11.9 Å². The van der Waals surface area contributed by atoms with Gasteiger partial charge in [0.1, 0.15) is 0 Å². The molecule has 13 heavy (non-hydrogen) atoms. The Labute approximate surface area is 77.2 Å². The summed E-state index contributed by atoms with van der Waals surface area (Å²) in [7, 11) is 0. The van der Waals surface area contributed by atoms with Crippen LogP contribution >= 0.6 is 0 Å². The molecule has 0 saturated carbocycles. The van der Waals surface area contributed by atoms with Crippen LogP contribution in [0.1, 0.15) is 39.0 Å². The average Bonchev–Trinajstić information content (AvgIpc) is 2.25. The number of rotatable bonds is 3. The summed E-state index contributed by atoms with van der Waals surface area (Å²) in [6, 6.07) is 0. The number of ether oxygens (including phenoxy) is 2. The van der Waals surface area contributed by atoms with Crippen molar-refractivity contribution in [1.29, 1.82) is 0 Å². The maximum absolute atomic E-state index is 10.9. The summed E-state index contributed by atoms with van der Waals surface area (Å²) in [6.07, 6.45) is 2.12. The zero-order chi connectivity index (χ0) is 9.68. The molecule has 1 heterocycles. The fourth-order valence-corrected chi connectivity index (χ4v) is 1.13. The molecule has 0 aromatic rings. The highest BCUT2D eigenvalue weighted by Crippen LogP contribution is 2.13. The first-order valence-electron chi connectivity index (χ1n) is 4.61. The monoisotopic (exact) mass is 186 g/mol. The highest BCUT2D eigenvalue weighted by molar-refractivity contribution is 5.79. The average molecular weight is 186 g/mol. The summed E-state index contributed by atoms with van der Waals surface area (Å²) in [6.45, 7) is 2.03. The van der Waals surface area contributed by atoms with Gasteiger partial charge in [-0.2, -0.15) is 0 Å². The third kappa shape index (κ3) is 3.44. The molecule has 1 aliphatic heterocycles. The molecule has 1 rings (SSSR count). The minimum atomic E-state index is -0.651. The summed E-state index contributed by atoms with van der Waals surface area (Å²) in [5, 5.41) is 0. The Hall–Kier alpha value is -1.06. The lowest BCUT2D eigenvalue weighted by atomic mass is 10.2. The van der Waals surface area contributed by atoms with E-state index in [1.807, 2.05) is 6.92 Å². The van der Waals surface area contributed by atoms with Crippen LogP contribution in [0, 0.1) is 0 Å². The first-order valence-corrected chi connectivity index (χ1v) is 4.61. The molecule has 4 heteroatoms. The predicted molar refractivity (Wildman–Crippen MR) is 44.7 cm³/mol. The number of unbranched alkanes of at least 4 members (excludes halogenated alkanes) is 1. The van der Waals surface area contributed by atoms with E-state index in [1.165, 1.54) is 0 Å². The Morgan fingerprint density at radius 3 is 2.23 bits per heavy atom. The Morgan fingerprint density at radius 2 is 1.77 bits per heavy atom. The van der Waals surface area contributed by atoms with Crippen LogP contribution in [-0.4, -0.2) is 18.2 Å². The Kier molecular flexibility index (Phi) is 3.73. The van der Waals surface area contributed by atoms with Crippen molar-refractivity contribution in [3.8, 4) is 0 Å². The van der Waals surface area contributed by atoms with E-state index in [4.69, 9.17) is 9.47 Å². The summed E-state index contributed by atoms with van der Waals surface area (Å²) >= 11 is 0. The van der Waals surface area contributed by atoms with E-state index < -0.39 is 6.29 Å². The molecule has 1 fully saturated rings. The van der Waals surface area contributed by atoms with E-state index in [0.29, 0.717) is 6.42 Å². The molecule has 0 N–H and O–H groups in total. The van der Waals surface area contributed by atoms with Gasteiger partial charge in [-0.05, 0) is 6.42 Å². The van der Waals surface area contributed by atoms with E-state index in [-0.39, 0.29) is 24.8 Å². The van der Waals surface area contributed by atoms with Gasteiger partial charge in [-0.15, -0.1) is 0 Å². The molecule has 1 aliphatic rings. The fraction of sp³-hybridized carbons (Fsp3) is 0.778. The molecule has 0 aromatic carbocycles. The topological polar surface area (TPSA) is 52.6 Å². The second-order valence-electron chi connectivity index (χ2n) is 3.05.